The van der Waals surface area contributed by atoms with Gasteiger partial charge in [0.15, 0.2) is 0 Å². The number of nitrogens with one attached hydrogen (secondary N) is 1. The van der Waals surface area contributed by atoms with Crippen molar-refractivity contribution in [1.29, 1.82) is 0 Å². The van der Waals surface area contributed by atoms with Crippen LogP contribution in [0.1, 0.15) is 18.9 Å². The summed E-state index contributed by atoms with van der Waals surface area (Å²) in [7, 11) is 0. The monoisotopic (exact) mass is 239 g/mol. The van der Waals surface area contributed by atoms with E-state index in [-0.39, 0.29) is 0 Å². The molecule has 0 aliphatic carbocycles. The molecule has 0 amide bonds. The first kappa shape index (κ1) is 11.9. The van der Waals surface area contributed by atoms with Crippen LogP contribution >= 0.6 is 11.6 Å². The molecular weight excluding hydrogens is 222 g/mol. The molecule has 1 aromatic rings. The fraction of sp³-hybridized carbons (Fsp3) is 0.538. The van der Waals surface area contributed by atoms with E-state index in [4.69, 9.17) is 16.3 Å². The maximum absolute atomic E-state index is 5.96. The van der Waals surface area contributed by atoms with E-state index >= 15 is 0 Å². The summed E-state index contributed by atoms with van der Waals surface area (Å²) in [5, 5.41) is 4.39. The van der Waals surface area contributed by atoms with Crippen LogP contribution < -0.4 is 5.32 Å². The first-order valence-corrected chi connectivity index (χ1v) is 6.20. The second kappa shape index (κ2) is 5.67. The topological polar surface area (TPSA) is 21.3 Å². The van der Waals surface area contributed by atoms with E-state index in [1.165, 1.54) is 5.56 Å². The maximum Gasteiger partial charge on any atom is 0.0620 e. The number of ether oxygens (including phenoxy) is 1. The van der Waals surface area contributed by atoms with Crippen LogP contribution in [0.5, 0.6) is 0 Å². The minimum Gasteiger partial charge on any atom is -0.380 e. The zero-order chi connectivity index (χ0) is 11.4. The molecule has 88 valence electrons. The minimum atomic E-state index is 0.463. The third kappa shape index (κ3) is 3.48. The fourth-order valence-electron chi connectivity index (χ4n) is 2.14. The Morgan fingerprint density at radius 1 is 1.56 bits per heavy atom. The van der Waals surface area contributed by atoms with Crippen LogP contribution in [0.15, 0.2) is 24.3 Å². The van der Waals surface area contributed by atoms with Crippen molar-refractivity contribution in [3.05, 3.63) is 34.9 Å². The average Bonchev–Trinajstić information content (AvgIpc) is 2.70. The highest BCUT2D eigenvalue weighted by Crippen LogP contribution is 2.13. The van der Waals surface area contributed by atoms with Crippen molar-refractivity contribution >= 4 is 11.6 Å². The molecule has 1 saturated heterocycles. The molecule has 0 spiro atoms. The summed E-state index contributed by atoms with van der Waals surface area (Å²) < 4.78 is 5.34. The zero-order valence-corrected chi connectivity index (χ0v) is 10.3. The molecule has 1 aliphatic heterocycles. The average molecular weight is 240 g/mol. The number of hydrogen-bond donors (Lipinski definition) is 1. The Morgan fingerprint density at radius 2 is 2.44 bits per heavy atom. The highest BCUT2D eigenvalue weighted by molar-refractivity contribution is 6.30. The largest absolute Gasteiger partial charge is 0.380 e. The molecule has 3 heteroatoms. The van der Waals surface area contributed by atoms with Crippen LogP contribution in [-0.2, 0) is 11.2 Å². The maximum atomic E-state index is 5.96. The van der Waals surface area contributed by atoms with Gasteiger partial charge in [-0.25, -0.2) is 0 Å². The number of hydrogen-bond acceptors (Lipinski definition) is 2. The van der Waals surface area contributed by atoms with E-state index in [1.54, 1.807) is 0 Å². The van der Waals surface area contributed by atoms with Gasteiger partial charge in [0.1, 0.15) is 0 Å². The van der Waals surface area contributed by atoms with Crippen LogP contribution in [0.25, 0.3) is 0 Å². The summed E-state index contributed by atoms with van der Waals surface area (Å²) in [5.74, 6) is 0. The molecule has 1 aromatic carbocycles. The van der Waals surface area contributed by atoms with Gasteiger partial charge in [-0.3, -0.25) is 0 Å². The van der Waals surface area contributed by atoms with Crippen molar-refractivity contribution in [2.45, 2.75) is 31.8 Å². The third-order valence-corrected chi connectivity index (χ3v) is 3.12. The molecule has 2 nitrogen and oxygen atoms in total. The number of halogens is 1. The second-order valence-electron chi connectivity index (χ2n) is 4.46. The number of rotatable bonds is 4. The van der Waals surface area contributed by atoms with Gasteiger partial charge >= 0.3 is 0 Å². The molecule has 0 aromatic heterocycles. The van der Waals surface area contributed by atoms with Crippen LogP contribution in [0.2, 0.25) is 5.02 Å². The first-order chi connectivity index (χ1) is 7.74. The lowest BCUT2D eigenvalue weighted by molar-refractivity contribution is 0.188. The minimum absolute atomic E-state index is 0.463. The van der Waals surface area contributed by atoms with Crippen LogP contribution in [0, 0.1) is 0 Å². The molecular formula is C13H18ClNO. The van der Waals surface area contributed by atoms with E-state index in [0.29, 0.717) is 12.1 Å². The third-order valence-electron chi connectivity index (χ3n) is 2.88. The zero-order valence-electron chi connectivity index (χ0n) is 9.58. The lowest BCUT2D eigenvalue weighted by Gasteiger charge is -2.18. The molecule has 2 atom stereocenters. The fourth-order valence-corrected chi connectivity index (χ4v) is 2.36. The molecule has 0 bridgehead atoms. The summed E-state index contributed by atoms with van der Waals surface area (Å²) in [5.41, 5.74) is 1.28. The van der Waals surface area contributed by atoms with Crippen molar-refractivity contribution in [2.24, 2.45) is 0 Å². The van der Waals surface area contributed by atoms with E-state index < -0.39 is 0 Å². The summed E-state index contributed by atoms with van der Waals surface area (Å²) >= 11 is 5.96. The molecule has 2 rings (SSSR count). The van der Waals surface area contributed by atoms with Gasteiger partial charge in [-0.15, -0.1) is 0 Å². The van der Waals surface area contributed by atoms with Crippen molar-refractivity contribution in [3.63, 3.8) is 0 Å². The Balaban J connectivity index is 1.84. The van der Waals surface area contributed by atoms with Gasteiger partial charge in [-0.1, -0.05) is 23.7 Å². The Labute approximate surface area is 102 Å². The SMILES string of the molecule is CC(Cc1cccc(Cl)c1)NC1CCOC1. The van der Waals surface area contributed by atoms with E-state index in [9.17, 15) is 0 Å². The lowest BCUT2D eigenvalue weighted by atomic mass is 10.1. The number of benzene rings is 1. The van der Waals surface area contributed by atoms with E-state index in [1.807, 2.05) is 18.2 Å². The van der Waals surface area contributed by atoms with Gasteiger partial charge < -0.3 is 10.1 Å². The normalized spacial score (nSPS) is 22.2. The van der Waals surface area contributed by atoms with Crippen molar-refractivity contribution in [2.75, 3.05) is 13.2 Å². The smallest absolute Gasteiger partial charge is 0.0620 e. The van der Waals surface area contributed by atoms with E-state index in [2.05, 4.69) is 18.3 Å². The predicted octanol–water partition coefficient (Wildman–Crippen LogP) is 2.65. The summed E-state index contributed by atoms with van der Waals surface area (Å²) in [6.07, 6.45) is 2.14. The summed E-state index contributed by atoms with van der Waals surface area (Å²) in [6.45, 7) is 3.95. The van der Waals surface area contributed by atoms with E-state index in [0.717, 1.165) is 31.1 Å². The Hall–Kier alpha value is -0.570. The molecule has 1 heterocycles. The van der Waals surface area contributed by atoms with Crippen LogP contribution in [0.4, 0.5) is 0 Å². The quantitative estimate of drug-likeness (QED) is 0.872. The Morgan fingerprint density at radius 3 is 3.12 bits per heavy atom. The van der Waals surface area contributed by atoms with Gasteiger partial charge in [0.25, 0.3) is 0 Å². The Bertz CT molecular complexity index is 336. The van der Waals surface area contributed by atoms with Gasteiger partial charge in [0.05, 0.1) is 6.61 Å². The highest BCUT2D eigenvalue weighted by Gasteiger charge is 2.17. The lowest BCUT2D eigenvalue weighted by Crippen LogP contribution is -2.38. The van der Waals surface area contributed by atoms with Crippen molar-refractivity contribution in [3.8, 4) is 0 Å². The Kier molecular flexibility index (Phi) is 4.22. The van der Waals surface area contributed by atoms with Crippen molar-refractivity contribution < 1.29 is 4.74 Å². The summed E-state index contributed by atoms with van der Waals surface area (Å²) in [4.78, 5) is 0. The van der Waals surface area contributed by atoms with Crippen molar-refractivity contribution in [1.82, 2.24) is 5.32 Å². The van der Waals surface area contributed by atoms with Crippen LogP contribution in [0.3, 0.4) is 0 Å². The molecule has 16 heavy (non-hydrogen) atoms. The van der Waals surface area contributed by atoms with Crippen LogP contribution in [-0.4, -0.2) is 25.3 Å². The first-order valence-electron chi connectivity index (χ1n) is 5.82. The molecule has 0 radical (unpaired) electrons. The van der Waals surface area contributed by atoms with Gasteiger partial charge in [-0.05, 0) is 37.5 Å². The van der Waals surface area contributed by atoms with Gasteiger partial charge in [-0.2, -0.15) is 0 Å². The van der Waals surface area contributed by atoms with Gasteiger partial charge in [0.2, 0.25) is 0 Å². The molecule has 1 aliphatic rings. The predicted molar refractivity (Wildman–Crippen MR) is 67.0 cm³/mol. The highest BCUT2D eigenvalue weighted by atomic mass is 35.5. The molecule has 2 unspecified atom stereocenters. The van der Waals surface area contributed by atoms with Gasteiger partial charge in [0, 0.05) is 23.7 Å². The molecule has 0 saturated carbocycles. The molecule has 1 N–H and O–H groups in total. The second-order valence-corrected chi connectivity index (χ2v) is 4.90. The standard InChI is InChI=1S/C13H18ClNO/c1-10(15-13-5-6-16-9-13)7-11-3-2-4-12(14)8-11/h2-4,8,10,13,15H,5-7,9H2,1H3. The summed E-state index contributed by atoms with van der Waals surface area (Å²) in [6, 6.07) is 9.05. The molecule has 1 fully saturated rings.